The number of amides is 1. The molecule has 1 aromatic heterocycles. The molecule has 2 aliphatic rings. The molecule has 1 saturated carbocycles. The molecule has 0 bridgehead atoms. The normalized spacial score (nSPS) is 22.8. The van der Waals surface area contributed by atoms with Gasteiger partial charge in [0.15, 0.2) is 0 Å². The summed E-state index contributed by atoms with van der Waals surface area (Å²) in [4.78, 5) is 27.1. The van der Waals surface area contributed by atoms with Gasteiger partial charge in [0.25, 0.3) is 0 Å². The van der Waals surface area contributed by atoms with Crippen molar-refractivity contribution in [2.24, 2.45) is 5.92 Å². The molecule has 2 unspecified atom stereocenters. The Morgan fingerprint density at radius 1 is 1.21 bits per heavy atom. The number of nitrogens with zero attached hydrogens (tertiary/aromatic N) is 3. The minimum atomic E-state index is -0.568. The van der Waals surface area contributed by atoms with Crippen LogP contribution in [0.3, 0.4) is 0 Å². The Morgan fingerprint density at radius 3 is 2.64 bits per heavy atom. The van der Waals surface area contributed by atoms with E-state index in [1.165, 1.54) is 12.1 Å². The minimum Gasteiger partial charge on any atom is -0.444 e. The van der Waals surface area contributed by atoms with Crippen molar-refractivity contribution in [3.05, 3.63) is 59.5 Å². The highest BCUT2D eigenvalue weighted by atomic mass is 19.1. The summed E-state index contributed by atoms with van der Waals surface area (Å²) >= 11 is 0. The first-order valence-electron chi connectivity index (χ1n) is 11.3. The number of ether oxygens (including phenoxy) is 1. The van der Waals surface area contributed by atoms with Gasteiger partial charge in [-0.1, -0.05) is 0 Å². The third-order valence-corrected chi connectivity index (χ3v) is 6.86. The molecule has 6 nitrogen and oxygen atoms in total. The fourth-order valence-electron chi connectivity index (χ4n) is 5.50. The number of hydrogen-bond donors (Lipinski definition) is 0. The van der Waals surface area contributed by atoms with E-state index in [0.29, 0.717) is 25.9 Å². The lowest BCUT2D eigenvalue weighted by atomic mass is 9.72. The predicted molar refractivity (Wildman–Crippen MR) is 123 cm³/mol. The fraction of sp³-hybridized carbons (Fsp3) is 0.423. The first-order valence-corrected chi connectivity index (χ1v) is 11.3. The second-order valence-electron chi connectivity index (χ2n) is 10.4. The number of carbonyl (C=O) groups is 2. The van der Waals surface area contributed by atoms with E-state index in [-0.39, 0.29) is 23.6 Å². The molecular formula is C26H28FN3O3. The number of aryl methyl sites for hydroxylation is 1. The van der Waals surface area contributed by atoms with Gasteiger partial charge in [-0.2, -0.15) is 5.10 Å². The van der Waals surface area contributed by atoms with Gasteiger partial charge < -0.3 is 9.64 Å². The summed E-state index contributed by atoms with van der Waals surface area (Å²) in [5.41, 5.74) is 2.86. The second kappa shape index (κ2) is 7.40. The molecule has 1 aliphatic heterocycles. The van der Waals surface area contributed by atoms with Crippen LogP contribution in [0.25, 0.3) is 16.6 Å². The van der Waals surface area contributed by atoms with Crippen LogP contribution in [0.4, 0.5) is 9.18 Å². The zero-order valence-electron chi connectivity index (χ0n) is 19.4. The summed E-state index contributed by atoms with van der Waals surface area (Å²) in [7, 11) is 0. The van der Waals surface area contributed by atoms with Gasteiger partial charge in [-0.25, -0.2) is 13.9 Å². The van der Waals surface area contributed by atoms with Crippen molar-refractivity contribution in [1.29, 1.82) is 0 Å². The van der Waals surface area contributed by atoms with Crippen LogP contribution >= 0.6 is 0 Å². The van der Waals surface area contributed by atoms with Crippen molar-refractivity contribution in [2.45, 2.75) is 51.6 Å². The largest absolute Gasteiger partial charge is 0.444 e. The quantitative estimate of drug-likeness (QED) is 0.556. The maximum Gasteiger partial charge on any atom is 0.410 e. The number of likely N-dealkylation sites (tertiary alicyclic amines) is 1. The number of halogens is 1. The fourth-order valence-corrected chi connectivity index (χ4v) is 5.50. The molecule has 3 aromatic rings. The lowest BCUT2D eigenvalue weighted by molar-refractivity contribution is -0.118. The molecule has 1 amide bonds. The van der Waals surface area contributed by atoms with E-state index >= 15 is 0 Å². The van der Waals surface area contributed by atoms with Crippen LogP contribution in [0.5, 0.6) is 0 Å². The van der Waals surface area contributed by atoms with Gasteiger partial charge in [0.05, 0.1) is 17.4 Å². The maximum atomic E-state index is 13.4. The molecule has 0 spiro atoms. The molecule has 0 radical (unpaired) electrons. The lowest BCUT2D eigenvalue weighted by Crippen LogP contribution is -2.38. The van der Waals surface area contributed by atoms with E-state index in [1.807, 2.05) is 27.7 Å². The molecule has 2 heterocycles. The van der Waals surface area contributed by atoms with Gasteiger partial charge in [0.1, 0.15) is 17.2 Å². The average Bonchev–Trinajstić information content (AvgIpc) is 3.37. The zero-order valence-corrected chi connectivity index (χ0v) is 19.4. The van der Waals surface area contributed by atoms with Crippen LogP contribution in [0.15, 0.2) is 42.6 Å². The van der Waals surface area contributed by atoms with E-state index in [9.17, 15) is 14.0 Å². The Kier molecular flexibility index (Phi) is 4.85. The predicted octanol–water partition coefficient (Wildman–Crippen LogP) is 4.94. The van der Waals surface area contributed by atoms with Crippen molar-refractivity contribution in [1.82, 2.24) is 14.7 Å². The Morgan fingerprint density at radius 2 is 1.94 bits per heavy atom. The highest BCUT2D eigenvalue weighted by molar-refractivity contribution is 5.87. The van der Waals surface area contributed by atoms with Gasteiger partial charge >= 0.3 is 6.09 Å². The molecule has 1 aliphatic carbocycles. The lowest BCUT2D eigenvalue weighted by Gasteiger charge is -2.31. The van der Waals surface area contributed by atoms with E-state index in [0.717, 1.165) is 27.7 Å². The topological polar surface area (TPSA) is 64.4 Å². The van der Waals surface area contributed by atoms with Crippen molar-refractivity contribution >= 4 is 22.8 Å². The van der Waals surface area contributed by atoms with Crippen LogP contribution in [0.1, 0.15) is 44.7 Å². The van der Waals surface area contributed by atoms with Crippen LogP contribution < -0.4 is 0 Å². The molecule has 33 heavy (non-hydrogen) atoms. The number of hydrogen-bond acceptors (Lipinski definition) is 4. The van der Waals surface area contributed by atoms with Crippen LogP contribution in [-0.4, -0.2) is 45.2 Å². The summed E-state index contributed by atoms with van der Waals surface area (Å²) in [6.45, 7) is 8.61. The van der Waals surface area contributed by atoms with Gasteiger partial charge in [-0.05, 0) is 81.1 Å². The molecule has 2 atom stereocenters. The van der Waals surface area contributed by atoms with Gasteiger partial charge in [-0.15, -0.1) is 0 Å². The second-order valence-corrected chi connectivity index (χ2v) is 10.4. The van der Waals surface area contributed by atoms with E-state index in [2.05, 4.69) is 17.2 Å². The van der Waals surface area contributed by atoms with E-state index in [4.69, 9.17) is 4.74 Å². The van der Waals surface area contributed by atoms with Gasteiger partial charge in [0.2, 0.25) is 0 Å². The van der Waals surface area contributed by atoms with E-state index < -0.39 is 11.0 Å². The number of benzene rings is 2. The number of aromatic nitrogens is 2. The Labute approximate surface area is 192 Å². The number of carbonyl (C=O) groups excluding carboxylic acids is 2. The number of ketones is 1. The molecule has 172 valence electrons. The molecule has 7 heteroatoms. The standard InChI is InChI=1S/C26H28FN3O3/c1-16-9-23-17(13-28-30(23)20-7-5-19(27)6-8-20)10-22(16)26-12-21(31)11-18(26)14-29(15-26)24(32)33-25(2,3)4/h5-10,13,18H,11-12,14-15H2,1-4H3. The molecule has 2 fully saturated rings. The van der Waals surface area contributed by atoms with Crippen molar-refractivity contribution in [2.75, 3.05) is 13.1 Å². The first-order chi connectivity index (χ1) is 15.6. The summed E-state index contributed by atoms with van der Waals surface area (Å²) in [5.74, 6) is 0.0200. The van der Waals surface area contributed by atoms with Crippen LogP contribution in [0.2, 0.25) is 0 Å². The van der Waals surface area contributed by atoms with E-state index in [1.54, 1.807) is 27.9 Å². The zero-order chi connectivity index (χ0) is 23.5. The van der Waals surface area contributed by atoms with Gasteiger partial charge in [0, 0.05) is 36.7 Å². The number of fused-ring (bicyclic) bond motifs is 2. The first kappa shape index (κ1) is 21.6. The third-order valence-electron chi connectivity index (χ3n) is 6.86. The monoisotopic (exact) mass is 449 g/mol. The summed E-state index contributed by atoms with van der Waals surface area (Å²) in [5, 5.41) is 5.48. The summed E-state index contributed by atoms with van der Waals surface area (Å²) < 4.78 is 20.8. The summed E-state index contributed by atoms with van der Waals surface area (Å²) in [6.07, 6.45) is 2.37. The van der Waals surface area contributed by atoms with Gasteiger partial charge in [-0.3, -0.25) is 4.79 Å². The highest BCUT2D eigenvalue weighted by Gasteiger charge is 2.55. The number of rotatable bonds is 2. The molecular weight excluding hydrogens is 421 g/mol. The smallest absolute Gasteiger partial charge is 0.410 e. The van der Waals surface area contributed by atoms with Crippen molar-refractivity contribution in [3.63, 3.8) is 0 Å². The maximum absolute atomic E-state index is 13.4. The SMILES string of the molecule is Cc1cc2c(cnn2-c2ccc(F)cc2)cc1C12CC(=O)CC1CN(C(=O)OC(C)(C)C)C2. The Hall–Kier alpha value is -3.22. The summed E-state index contributed by atoms with van der Waals surface area (Å²) in [6, 6.07) is 10.4. The molecule has 2 aromatic carbocycles. The van der Waals surface area contributed by atoms with Crippen molar-refractivity contribution in [3.8, 4) is 5.69 Å². The molecule has 1 saturated heterocycles. The average molecular weight is 450 g/mol. The minimum absolute atomic E-state index is 0.0702. The van der Waals surface area contributed by atoms with Crippen LogP contribution in [0, 0.1) is 18.7 Å². The van der Waals surface area contributed by atoms with Crippen molar-refractivity contribution < 1.29 is 18.7 Å². The molecule has 0 N–H and O–H groups in total. The Balaban J connectivity index is 1.54. The highest BCUT2D eigenvalue weighted by Crippen LogP contribution is 2.50. The van der Waals surface area contributed by atoms with Crippen LogP contribution in [-0.2, 0) is 14.9 Å². The number of Topliss-reactive ketones (excluding diaryl/α,β-unsaturated/α-hetero) is 1. The third kappa shape index (κ3) is 3.69. The molecule has 5 rings (SSSR count). The Bertz CT molecular complexity index is 1260.